The molecule has 0 spiro atoms. The second kappa shape index (κ2) is 9.33. The molecule has 4 N–H and O–H groups in total. The molecule has 0 radical (unpaired) electrons. The topological polar surface area (TPSA) is 133 Å². The third-order valence-electron chi connectivity index (χ3n) is 5.65. The van der Waals surface area contributed by atoms with Gasteiger partial charge in [-0.05, 0) is 36.4 Å². The molecule has 37 heavy (non-hydrogen) atoms. The summed E-state index contributed by atoms with van der Waals surface area (Å²) in [5, 5.41) is 12.8. The largest absolute Gasteiger partial charge is 0.506 e. The van der Waals surface area contributed by atoms with Crippen molar-refractivity contribution in [2.75, 3.05) is 6.79 Å². The summed E-state index contributed by atoms with van der Waals surface area (Å²) in [6.07, 6.45) is -4.71. The van der Waals surface area contributed by atoms with Crippen LogP contribution in [0.3, 0.4) is 0 Å². The molecule has 9 nitrogen and oxygen atoms in total. The van der Waals surface area contributed by atoms with Crippen molar-refractivity contribution in [3.63, 3.8) is 0 Å². The van der Waals surface area contributed by atoms with Crippen LogP contribution in [0, 0.1) is 5.82 Å². The van der Waals surface area contributed by atoms with E-state index in [1.54, 1.807) is 0 Å². The molecule has 0 atom stereocenters. The minimum absolute atomic E-state index is 0.0105. The number of nitrogens with two attached hydrogens (primary N) is 1. The molecule has 1 aliphatic heterocycles. The predicted octanol–water partition coefficient (Wildman–Crippen LogP) is 4.01. The van der Waals surface area contributed by atoms with E-state index in [4.69, 9.17) is 19.6 Å². The Hall–Kier alpha value is -4.23. The maximum absolute atomic E-state index is 14.0. The minimum atomic E-state index is -4.71. The lowest BCUT2D eigenvalue weighted by Crippen LogP contribution is -2.26. The molecule has 4 aromatic rings. The van der Waals surface area contributed by atoms with Crippen molar-refractivity contribution in [3.05, 3.63) is 70.5 Å². The van der Waals surface area contributed by atoms with Gasteiger partial charge in [0.25, 0.3) is 5.91 Å². The van der Waals surface area contributed by atoms with Crippen LogP contribution in [0.2, 0.25) is 0 Å². The average Bonchev–Trinajstić information content (AvgIpc) is 3.31. The van der Waals surface area contributed by atoms with E-state index >= 15 is 0 Å². The Morgan fingerprint density at radius 1 is 1.16 bits per heavy atom. The minimum Gasteiger partial charge on any atom is -0.506 e. The zero-order chi connectivity index (χ0) is 26.3. The van der Waals surface area contributed by atoms with Gasteiger partial charge in [-0.2, -0.15) is 13.2 Å². The number of pyridine rings is 1. The fourth-order valence-corrected chi connectivity index (χ4v) is 3.98. The van der Waals surface area contributed by atoms with Crippen molar-refractivity contribution in [2.45, 2.75) is 25.9 Å². The molecule has 5 rings (SSSR count). The maximum Gasteiger partial charge on any atom is 0.433 e. The summed E-state index contributed by atoms with van der Waals surface area (Å²) in [7, 11) is 0. The molecule has 2 aromatic heterocycles. The normalized spacial score (nSPS) is 13.3. The first-order chi connectivity index (χ1) is 17.7. The Labute approximate surface area is 205 Å². The Morgan fingerprint density at radius 3 is 2.73 bits per heavy atom. The van der Waals surface area contributed by atoms with Crippen LogP contribution in [0.4, 0.5) is 17.6 Å². The maximum atomic E-state index is 14.0. The quantitative estimate of drug-likeness (QED) is 0.338. The van der Waals surface area contributed by atoms with Gasteiger partial charge in [0.1, 0.15) is 28.5 Å². The van der Waals surface area contributed by atoms with Gasteiger partial charge in [0.2, 0.25) is 5.89 Å². The van der Waals surface area contributed by atoms with Crippen LogP contribution < -0.4 is 15.8 Å². The van der Waals surface area contributed by atoms with E-state index in [1.807, 2.05) is 0 Å². The number of nitrogens with one attached hydrogen (secondary N) is 1. The van der Waals surface area contributed by atoms with Crippen LogP contribution in [0.15, 0.2) is 40.8 Å². The molecule has 0 aliphatic carbocycles. The van der Waals surface area contributed by atoms with Crippen LogP contribution in [0.25, 0.3) is 22.4 Å². The van der Waals surface area contributed by atoms with Crippen molar-refractivity contribution in [1.29, 1.82) is 0 Å². The number of oxazole rings is 1. The van der Waals surface area contributed by atoms with Gasteiger partial charge in [0.05, 0.1) is 13.2 Å². The van der Waals surface area contributed by atoms with E-state index in [0.29, 0.717) is 16.9 Å². The highest BCUT2D eigenvalue weighted by Crippen LogP contribution is 2.36. The summed E-state index contributed by atoms with van der Waals surface area (Å²) in [6, 6.07) is 6.92. The predicted molar refractivity (Wildman–Crippen MR) is 120 cm³/mol. The summed E-state index contributed by atoms with van der Waals surface area (Å²) in [4.78, 5) is 20.7. The van der Waals surface area contributed by atoms with Crippen LogP contribution in [0.5, 0.6) is 11.5 Å². The van der Waals surface area contributed by atoms with E-state index in [-0.39, 0.29) is 60.3 Å². The number of alkyl halides is 3. The summed E-state index contributed by atoms with van der Waals surface area (Å²) >= 11 is 0. The SMILES string of the molecule is NCc1oc(-c2ccc(O)c3nc(C(F)(F)F)ccc23)nc1C(=O)NCc1cc(F)cc2c1OCOC2. The number of ether oxygens (including phenoxy) is 2. The smallest absolute Gasteiger partial charge is 0.433 e. The Morgan fingerprint density at radius 2 is 1.97 bits per heavy atom. The summed E-state index contributed by atoms with van der Waals surface area (Å²) in [5.41, 5.74) is 5.15. The number of aromatic hydroxyl groups is 1. The van der Waals surface area contributed by atoms with E-state index in [1.165, 1.54) is 18.2 Å². The molecule has 3 heterocycles. The lowest BCUT2D eigenvalue weighted by molar-refractivity contribution is -0.140. The van der Waals surface area contributed by atoms with Crippen LogP contribution in [0.1, 0.15) is 33.1 Å². The summed E-state index contributed by atoms with van der Waals surface area (Å²) in [6.45, 7) is -0.156. The van der Waals surface area contributed by atoms with E-state index < -0.39 is 29.3 Å². The van der Waals surface area contributed by atoms with Crippen molar-refractivity contribution >= 4 is 16.8 Å². The Kier molecular flexibility index (Phi) is 6.17. The number of amides is 1. The molecule has 192 valence electrons. The number of carbonyl (C=O) groups excluding carboxylic acids is 1. The molecule has 1 aliphatic rings. The highest BCUT2D eigenvalue weighted by Gasteiger charge is 2.33. The van der Waals surface area contributed by atoms with Crippen LogP contribution in [-0.4, -0.2) is 27.8 Å². The number of aromatic nitrogens is 2. The average molecular weight is 518 g/mol. The number of carbonyl (C=O) groups is 1. The summed E-state index contributed by atoms with van der Waals surface area (Å²) < 4.78 is 69.6. The van der Waals surface area contributed by atoms with Crippen LogP contribution >= 0.6 is 0 Å². The number of hydrogen-bond donors (Lipinski definition) is 3. The molecule has 1 amide bonds. The van der Waals surface area contributed by atoms with E-state index in [0.717, 1.165) is 18.2 Å². The number of benzene rings is 2. The van der Waals surface area contributed by atoms with Crippen molar-refractivity contribution in [2.24, 2.45) is 5.73 Å². The monoisotopic (exact) mass is 518 g/mol. The first kappa shape index (κ1) is 24.5. The molecule has 0 bridgehead atoms. The lowest BCUT2D eigenvalue weighted by atomic mass is 10.1. The lowest BCUT2D eigenvalue weighted by Gasteiger charge is -2.21. The van der Waals surface area contributed by atoms with Gasteiger partial charge in [-0.25, -0.2) is 14.4 Å². The number of hydrogen-bond acceptors (Lipinski definition) is 8. The zero-order valence-electron chi connectivity index (χ0n) is 18.9. The fraction of sp³-hybridized carbons (Fsp3) is 0.208. The highest BCUT2D eigenvalue weighted by molar-refractivity contribution is 5.98. The number of nitrogens with zero attached hydrogens (tertiary/aromatic N) is 2. The van der Waals surface area contributed by atoms with Gasteiger partial charge in [-0.1, -0.05) is 0 Å². The van der Waals surface area contributed by atoms with E-state index in [2.05, 4.69) is 15.3 Å². The number of phenolic OH excluding ortho intramolecular Hbond substituents is 1. The number of fused-ring (bicyclic) bond motifs is 2. The molecule has 2 aromatic carbocycles. The zero-order valence-corrected chi connectivity index (χ0v) is 18.9. The Bertz CT molecular complexity index is 1520. The van der Waals surface area contributed by atoms with E-state index in [9.17, 15) is 27.5 Å². The van der Waals surface area contributed by atoms with Crippen molar-refractivity contribution < 1.29 is 41.4 Å². The van der Waals surface area contributed by atoms with Gasteiger partial charge < -0.3 is 30.0 Å². The third-order valence-corrected chi connectivity index (χ3v) is 5.65. The Balaban J connectivity index is 1.46. The molecular weight excluding hydrogens is 500 g/mol. The van der Waals surface area contributed by atoms with Gasteiger partial charge in [-0.15, -0.1) is 0 Å². The van der Waals surface area contributed by atoms with Gasteiger partial charge in [0, 0.05) is 28.6 Å². The fourth-order valence-electron chi connectivity index (χ4n) is 3.98. The first-order valence-electron chi connectivity index (χ1n) is 10.9. The summed E-state index contributed by atoms with van der Waals surface area (Å²) in [5.74, 6) is -1.36. The highest BCUT2D eigenvalue weighted by atomic mass is 19.4. The third kappa shape index (κ3) is 4.66. The number of halogens is 4. The second-order valence-corrected chi connectivity index (χ2v) is 8.06. The molecule has 0 unspecified atom stereocenters. The van der Waals surface area contributed by atoms with Crippen LogP contribution in [-0.2, 0) is 30.6 Å². The molecule has 0 saturated carbocycles. The number of rotatable bonds is 5. The van der Waals surface area contributed by atoms with Crippen molar-refractivity contribution in [3.8, 4) is 23.0 Å². The van der Waals surface area contributed by atoms with Crippen molar-refractivity contribution in [1.82, 2.24) is 15.3 Å². The molecular formula is C24H18F4N4O5. The number of phenols is 1. The molecule has 13 heteroatoms. The standard InChI is InChI=1S/C24H18F4N4O5/c25-13-5-11(21-12(6-13)9-35-10-36-21)8-30-22(34)20-17(7-29)37-23(32-20)15-1-3-16(33)19-14(15)2-4-18(31-19)24(26,27)28/h1-6,33H,7-10,29H2,(H,30,34). The van der Waals surface area contributed by atoms with Gasteiger partial charge in [-0.3, -0.25) is 4.79 Å². The molecule has 0 fully saturated rings. The van der Waals surface area contributed by atoms with Gasteiger partial charge in [0.15, 0.2) is 18.2 Å². The van der Waals surface area contributed by atoms with Gasteiger partial charge >= 0.3 is 6.18 Å². The molecule has 0 saturated heterocycles. The second-order valence-electron chi connectivity index (χ2n) is 8.06. The first-order valence-corrected chi connectivity index (χ1v) is 10.9.